The molecule has 1 aliphatic heterocycles. The zero-order chi connectivity index (χ0) is 27.7. The molecule has 0 aliphatic carbocycles. The number of amides is 1. The average molecular weight is 529 g/mol. The summed E-state index contributed by atoms with van der Waals surface area (Å²) in [6, 6.07) is 9.63. The Kier molecular flexibility index (Phi) is 10.0. The molecule has 1 aromatic carbocycles. The number of nitrogens with one attached hydrogen (secondary N) is 1. The van der Waals surface area contributed by atoms with E-state index < -0.39 is 55.3 Å². The van der Waals surface area contributed by atoms with Gasteiger partial charge in [-0.05, 0) is 25.3 Å². The number of aromatic nitrogens is 1. The highest BCUT2D eigenvalue weighted by atomic mass is 16.7. The Morgan fingerprint density at radius 2 is 1.87 bits per heavy atom. The third-order valence-corrected chi connectivity index (χ3v) is 5.75. The molecule has 3 atom stereocenters. The summed E-state index contributed by atoms with van der Waals surface area (Å²) in [5, 5.41) is 2.50. The Balaban J connectivity index is 1.73. The lowest BCUT2D eigenvalue weighted by molar-refractivity contribution is -0.154. The van der Waals surface area contributed by atoms with Crippen LogP contribution in [-0.4, -0.2) is 61.5 Å². The monoisotopic (exact) mass is 528 g/mol. The molecule has 11 heteroatoms. The highest BCUT2D eigenvalue weighted by molar-refractivity contribution is 5.98. The van der Waals surface area contributed by atoms with Crippen molar-refractivity contribution >= 4 is 23.8 Å². The molecule has 1 aromatic heterocycles. The van der Waals surface area contributed by atoms with Crippen LogP contribution < -0.4 is 14.8 Å². The van der Waals surface area contributed by atoms with Crippen LogP contribution in [0.1, 0.15) is 43.2 Å². The topological polar surface area (TPSA) is 139 Å². The Hall–Kier alpha value is -4.15. The van der Waals surface area contributed by atoms with Crippen LogP contribution in [0.15, 0.2) is 42.6 Å². The molecular weight excluding hydrogens is 496 g/mol. The van der Waals surface area contributed by atoms with Crippen molar-refractivity contribution in [1.82, 2.24) is 10.3 Å². The van der Waals surface area contributed by atoms with Gasteiger partial charge in [0.15, 0.2) is 23.2 Å². The van der Waals surface area contributed by atoms with Crippen molar-refractivity contribution in [2.75, 3.05) is 20.5 Å². The number of hydrogen-bond acceptors (Lipinski definition) is 10. The predicted molar refractivity (Wildman–Crippen MR) is 133 cm³/mol. The van der Waals surface area contributed by atoms with Gasteiger partial charge < -0.3 is 29.0 Å². The number of hydrogen-bond donors (Lipinski definition) is 1. The minimum atomic E-state index is -1.29. The van der Waals surface area contributed by atoms with Gasteiger partial charge in [0.05, 0.1) is 25.0 Å². The van der Waals surface area contributed by atoms with E-state index in [0.29, 0.717) is 6.42 Å². The maximum Gasteiger partial charge on any atom is 0.332 e. The fraction of sp³-hybridized carbons (Fsp3) is 0.444. The molecule has 1 N–H and O–H groups in total. The molecule has 11 nitrogen and oxygen atoms in total. The number of pyridine rings is 1. The second-order valence-electron chi connectivity index (χ2n) is 9.10. The summed E-state index contributed by atoms with van der Waals surface area (Å²) < 4.78 is 26.7. The third-order valence-electron chi connectivity index (χ3n) is 5.75. The number of esters is 3. The van der Waals surface area contributed by atoms with Crippen LogP contribution in [0.4, 0.5) is 0 Å². The van der Waals surface area contributed by atoms with Crippen molar-refractivity contribution < 1.29 is 42.9 Å². The highest BCUT2D eigenvalue weighted by Gasteiger charge is 2.33. The zero-order valence-electron chi connectivity index (χ0n) is 21.8. The molecule has 1 saturated heterocycles. The second-order valence-corrected chi connectivity index (χ2v) is 9.10. The van der Waals surface area contributed by atoms with Gasteiger partial charge in [-0.2, -0.15) is 0 Å². The van der Waals surface area contributed by atoms with Gasteiger partial charge in [-0.15, -0.1) is 0 Å². The van der Waals surface area contributed by atoms with Gasteiger partial charge in [-0.3, -0.25) is 14.4 Å². The van der Waals surface area contributed by atoms with E-state index in [1.807, 2.05) is 30.3 Å². The van der Waals surface area contributed by atoms with Crippen LogP contribution in [0.5, 0.6) is 11.5 Å². The van der Waals surface area contributed by atoms with E-state index in [2.05, 4.69) is 10.3 Å². The second kappa shape index (κ2) is 13.4. The number of nitrogens with zero attached hydrogens (tertiary/aromatic N) is 1. The van der Waals surface area contributed by atoms with Gasteiger partial charge in [0, 0.05) is 12.3 Å². The van der Waals surface area contributed by atoms with E-state index in [4.69, 9.17) is 23.7 Å². The van der Waals surface area contributed by atoms with Gasteiger partial charge in [-0.25, -0.2) is 9.78 Å². The summed E-state index contributed by atoms with van der Waals surface area (Å²) in [7, 11) is 1.37. The van der Waals surface area contributed by atoms with Crippen molar-refractivity contribution in [2.45, 2.75) is 45.8 Å². The van der Waals surface area contributed by atoms with Crippen LogP contribution >= 0.6 is 0 Å². The molecule has 1 amide bonds. The molecule has 0 bridgehead atoms. The zero-order valence-corrected chi connectivity index (χ0v) is 21.8. The van der Waals surface area contributed by atoms with E-state index in [1.165, 1.54) is 19.4 Å². The Morgan fingerprint density at radius 1 is 1.13 bits per heavy atom. The summed E-state index contributed by atoms with van der Waals surface area (Å²) in [4.78, 5) is 54.6. The predicted octanol–water partition coefficient (Wildman–Crippen LogP) is 2.46. The number of benzene rings is 1. The summed E-state index contributed by atoms with van der Waals surface area (Å²) in [6.45, 7) is 4.11. The van der Waals surface area contributed by atoms with Crippen LogP contribution in [0, 0.1) is 11.8 Å². The quantitative estimate of drug-likeness (QED) is 0.293. The molecule has 1 fully saturated rings. The van der Waals surface area contributed by atoms with E-state index in [9.17, 15) is 19.2 Å². The number of carbonyl (C=O) groups is 4. The fourth-order valence-electron chi connectivity index (χ4n) is 3.77. The molecule has 3 unspecified atom stereocenters. The van der Waals surface area contributed by atoms with Crippen LogP contribution in [0.3, 0.4) is 0 Å². The van der Waals surface area contributed by atoms with Crippen LogP contribution in [0.25, 0.3) is 0 Å². The summed E-state index contributed by atoms with van der Waals surface area (Å²) in [5.74, 6) is -3.37. The Bertz CT molecular complexity index is 1140. The minimum absolute atomic E-state index is 0.0891. The van der Waals surface area contributed by atoms with E-state index in [-0.39, 0.29) is 29.5 Å². The first-order valence-electron chi connectivity index (χ1n) is 12.2. The number of ether oxygens (including phenoxy) is 5. The van der Waals surface area contributed by atoms with Gasteiger partial charge in [0.1, 0.15) is 6.61 Å². The van der Waals surface area contributed by atoms with Gasteiger partial charge in [0.2, 0.25) is 6.79 Å². The SMILES string of the molecule is COc1ccnc(C(=O)NC2COC(=O)C(Cc3ccccc3)CC(C)OC2=O)c1OCOC(=O)C(C)C. The Morgan fingerprint density at radius 3 is 2.55 bits per heavy atom. The van der Waals surface area contributed by atoms with Crippen LogP contribution in [-0.2, 0) is 35.0 Å². The summed E-state index contributed by atoms with van der Waals surface area (Å²) in [5.41, 5.74) is 0.728. The smallest absolute Gasteiger partial charge is 0.332 e. The molecule has 1 aliphatic rings. The van der Waals surface area contributed by atoms with Crippen molar-refractivity contribution in [3.8, 4) is 11.5 Å². The standard InChI is InChI=1S/C27H32N2O9/c1-16(2)25(31)37-15-36-23-21(34-4)10-11-28-22(23)24(30)29-20-14-35-26(32)19(12-17(3)38-27(20)33)13-18-8-6-5-7-9-18/h5-11,16-17,19-20H,12-15H2,1-4H3,(H,29,30). The number of cyclic esters (lactones) is 2. The lowest BCUT2D eigenvalue weighted by Gasteiger charge is -2.19. The van der Waals surface area contributed by atoms with Gasteiger partial charge >= 0.3 is 17.9 Å². The maximum atomic E-state index is 13.1. The molecular formula is C27H32N2O9. The first kappa shape index (κ1) is 28.4. The molecule has 2 heterocycles. The third kappa shape index (κ3) is 7.67. The molecule has 204 valence electrons. The average Bonchev–Trinajstić information content (AvgIpc) is 2.94. The van der Waals surface area contributed by atoms with Crippen molar-refractivity contribution in [1.29, 1.82) is 0 Å². The van der Waals surface area contributed by atoms with Gasteiger partial charge in [0.25, 0.3) is 5.91 Å². The number of rotatable bonds is 9. The maximum absolute atomic E-state index is 13.1. The minimum Gasteiger partial charge on any atom is -0.493 e. The first-order chi connectivity index (χ1) is 18.2. The highest BCUT2D eigenvalue weighted by Crippen LogP contribution is 2.30. The summed E-state index contributed by atoms with van der Waals surface area (Å²) >= 11 is 0. The first-order valence-corrected chi connectivity index (χ1v) is 12.2. The van der Waals surface area contributed by atoms with Crippen molar-refractivity contribution in [2.24, 2.45) is 11.8 Å². The van der Waals surface area contributed by atoms with E-state index in [0.717, 1.165) is 5.56 Å². The molecule has 38 heavy (non-hydrogen) atoms. The largest absolute Gasteiger partial charge is 0.493 e. The number of carbonyl (C=O) groups excluding carboxylic acids is 4. The van der Waals surface area contributed by atoms with E-state index in [1.54, 1.807) is 20.8 Å². The molecule has 0 saturated carbocycles. The summed E-state index contributed by atoms with van der Waals surface area (Å²) in [6.07, 6.45) is 1.42. The number of methoxy groups -OCH3 is 1. The molecule has 2 aromatic rings. The van der Waals surface area contributed by atoms with Gasteiger partial charge in [-0.1, -0.05) is 44.2 Å². The fourth-order valence-corrected chi connectivity index (χ4v) is 3.77. The Labute approximate surface area is 220 Å². The van der Waals surface area contributed by atoms with Crippen molar-refractivity contribution in [3.63, 3.8) is 0 Å². The molecule has 0 radical (unpaired) electrons. The van der Waals surface area contributed by atoms with Crippen molar-refractivity contribution in [3.05, 3.63) is 53.9 Å². The lowest BCUT2D eigenvalue weighted by atomic mass is 9.94. The molecule has 0 spiro atoms. The van der Waals surface area contributed by atoms with E-state index >= 15 is 0 Å². The van der Waals surface area contributed by atoms with Crippen LogP contribution in [0.2, 0.25) is 0 Å². The normalized spacial score (nSPS) is 19.8. The molecule has 3 rings (SSSR count). The lowest BCUT2D eigenvalue weighted by Crippen LogP contribution is -2.46.